The van der Waals surface area contributed by atoms with Crippen molar-refractivity contribution in [3.05, 3.63) is 23.9 Å². The van der Waals surface area contributed by atoms with Crippen LogP contribution in [0.3, 0.4) is 0 Å². The molecule has 1 aliphatic heterocycles. The molecule has 3 fully saturated rings. The molecule has 1 saturated heterocycles. The third-order valence-electron chi connectivity index (χ3n) is 5.78. The van der Waals surface area contributed by atoms with Crippen LogP contribution in [0.25, 0.3) is 0 Å². The molecule has 22 heavy (non-hydrogen) atoms. The van der Waals surface area contributed by atoms with Crippen molar-refractivity contribution in [1.82, 2.24) is 10.3 Å². The van der Waals surface area contributed by atoms with Crippen LogP contribution < -0.4 is 10.2 Å². The van der Waals surface area contributed by atoms with Gasteiger partial charge < -0.3 is 10.2 Å². The fourth-order valence-corrected chi connectivity index (χ4v) is 4.58. The SMILES string of the molecule is O=C(NCc1ccnc(N2CCCC2)c1)[C@H]1C[C@H]2CC[C@H]1C2. The maximum Gasteiger partial charge on any atom is 0.223 e. The van der Waals surface area contributed by atoms with Gasteiger partial charge in [-0.3, -0.25) is 4.79 Å². The number of nitrogens with one attached hydrogen (secondary N) is 1. The second-order valence-electron chi connectivity index (χ2n) is 7.22. The Labute approximate surface area is 132 Å². The lowest BCUT2D eigenvalue weighted by Crippen LogP contribution is -2.33. The monoisotopic (exact) mass is 299 g/mol. The summed E-state index contributed by atoms with van der Waals surface area (Å²) in [6.45, 7) is 2.85. The molecule has 0 radical (unpaired) electrons. The van der Waals surface area contributed by atoms with E-state index in [1.807, 2.05) is 12.3 Å². The Bertz CT molecular complexity index is 553. The summed E-state index contributed by atoms with van der Waals surface area (Å²) in [7, 11) is 0. The average molecular weight is 299 g/mol. The highest BCUT2D eigenvalue weighted by Gasteiger charge is 2.42. The largest absolute Gasteiger partial charge is 0.357 e. The number of rotatable bonds is 4. The van der Waals surface area contributed by atoms with Crippen LogP contribution in [-0.4, -0.2) is 24.0 Å². The van der Waals surface area contributed by atoms with Crippen molar-refractivity contribution in [2.24, 2.45) is 17.8 Å². The number of anilines is 1. The molecule has 2 bridgehead atoms. The minimum absolute atomic E-state index is 0.270. The van der Waals surface area contributed by atoms with Crippen LogP contribution in [-0.2, 0) is 11.3 Å². The highest BCUT2D eigenvalue weighted by Crippen LogP contribution is 2.48. The average Bonchev–Trinajstić information content (AvgIpc) is 3.29. The smallest absolute Gasteiger partial charge is 0.223 e. The predicted molar refractivity (Wildman–Crippen MR) is 86.5 cm³/mol. The highest BCUT2D eigenvalue weighted by atomic mass is 16.1. The van der Waals surface area contributed by atoms with Crippen molar-refractivity contribution in [2.45, 2.75) is 45.1 Å². The van der Waals surface area contributed by atoms with Crippen molar-refractivity contribution in [2.75, 3.05) is 18.0 Å². The van der Waals surface area contributed by atoms with Crippen molar-refractivity contribution in [1.29, 1.82) is 0 Å². The molecule has 3 aliphatic rings. The van der Waals surface area contributed by atoms with E-state index in [0.717, 1.165) is 36.8 Å². The van der Waals surface area contributed by atoms with Gasteiger partial charge in [0.15, 0.2) is 0 Å². The summed E-state index contributed by atoms with van der Waals surface area (Å²) in [5.74, 6) is 3.08. The van der Waals surface area contributed by atoms with E-state index in [1.165, 1.54) is 32.1 Å². The number of pyridine rings is 1. The maximum absolute atomic E-state index is 12.4. The lowest BCUT2D eigenvalue weighted by atomic mass is 9.88. The van der Waals surface area contributed by atoms with Gasteiger partial charge in [-0.15, -0.1) is 0 Å². The molecular formula is C18H25N3O. The predicted octanol–water partition coefficient (Wildman–Crippen LogP) is 2.73. The summed E-state index contributed by atoms with van der Waals surface area (Å²) < 4.78 is 0. The summed E-state index contributed by atoms with van der Waals surface area (Å²) >= 11 is 0. The summed E-state index contributed by atoms with van der Waals surface area (Å²) in [5, 5.41) is 3.16. The Morgan fingerprint density at radius 2 is 2.14 bits per heavy atom. The summed E-state index contributed by atoms with van der Waals surface area (Å²) in [6, 6.07) is 4.15. The van der Waals surface area contributed by atoms with E-state index in [1.54, 1.807) is 0 Å². The highest BCUT2D eigenvalue weighted by molar-refractivity contribution is 5.79. The molecule has 118 valence electrons. The number of amides is 1. The molecule has 2 saturated carbocycles. The van der Waals surface area contributed by atoms with Crippen LogP contribution in [0.15, 0.2) is 18.3 Å². The molecule has 1 N–H and O–H groups in total. The van der Waals surface area contributed by atoms with Gasteiger partial charge in [-0.2, -0.15) is 0 Å². The molecule has 4 rings (SSSR count). The fourth-order valence-electron chi connectivity index (χ4n) is 4.58. The number of hydrogen-bond donors (Lipinski definition) is 1. The number of aromatic nitrogens is 1. The Kier molecular flexibility index (Phi) is 3.77. The van der Waals surface area contributed by atoms with Gasteiger partial charge in [-0.05, 0) is 61.6 Å². The standard InChI is InChI=1S/C18H25N3O/c22-18(16-10-13-3-4-15(16)9-13)20-12-14-5-6-19-17(11-14)21-7-1-2-8-21/h5-6,11,13,15-16H,1-4,7-10,12H2,(H,20,22)/t13-,15-,16-/m0/s1. The van der Waals surface area contributed by atoms with Crippen LogP contribution >= 0.6 is 0 Å². The summed E-state index contributed by atoms with van der Waals surface area (Å²) in [6.07, 6.45) is 9.39. The third kappa shape index (κ3) is 2.71. The van der Waals surface area contributed by atoms with Gasteiger partial charge >= 0.3 is 0 Å². The Morgan fingerprint density at radius 1 is 1.27 bits per heavy atom. The van der Waals surface area contributed by atoms with E-state index in [-0.39, 0.29) is 11.8 Å². The van der Waals surface area contributed by atoms with Crippen molar-refractivity contribution < 1.29 is 4.79 Å². The van der Waals surface area contributed by atoms with Crippen molar-refractivity contribution in [3.63, 3.8) is 0 Å². The minimum atomic E-state index is 0.270. The van der Waals surface area contributed by atoms with Gasteiger partial charge in [-0.1, -0.05) is 6.42 Å². The first-order valence-electron chi connectivity index (χ1n) is 8.77. The Hall–Kier alpha value is -1.58. The van der Waals surface area contributed by atoms with Gasteiger partial charge in [0.05, 0.1) is 0 Å². The number of nitrogens with zero attached hydrogens (tertiary/aromatic N) is 2. The molecule has 1 aromatic heterocycles. The molecule has 2 aliphatic carbocycles. The number of carbonyl (C=O) groups excluding carboxylic acids is 1. The normalized spacial score (nSPS) is 30.0. The number of fused-ring (bicyclic) bond motifs is 2. The van der Waals surface area contributed by atoms with Crippen molar-refractivity contribution >= 4 is 11.7 Å². The topological polar surface area (TPSA) is 45.2 Å². The third-order valence-corrected chi connectivity index (χ3v) is 5.78. The zero-order chi connectivity index (χ0) is 14.9. The van der Waals surface area contributed by atoms with E-state index >= 15 is 0 Å². The van der Waals surface area contributed by atoms with Gasteiger partial charge in [0.1, 0.15) is 5.82 Å². The first kappa shape index (κ1) is 14.0. The van der Waals surface area contributed by atoms with E-state index in [9.17, 15) is 4.79 Å². The van der Waals surface area contributed by atoms with E-state index in [2.05, 4.69) is 21.3 Å². The number of hydrogen-bond acceptors (Lipinski definition) is 3. The van der Waals surface area contributed by atoms with Gasteiger partial charge in [0, 0.05) is 31.7 Å². The zero-order valence-corrected chi connectivity index (χ0v) is 13.1. The van der Waals surface area contributed by atoms with Crippen LogP contribution in [0.4, 0.5) is 5.82 Å². The molecular weight excluding hydrogens is 274 g/mol. The second-order valence-corrected chi connectivity index (χ2v) is 7.22. The summed E-state index contributed by atoms with van der Waals surface area (Å²) in [5.41, 5.74) is 1.16. The summed E-state index contributed by atoms with van der Waals surface area (Å²) in [4.78, 5) is 19.2. The lowest BCUT2D eigenvalue weighted by Gasteiger charge is -2.21. The lowest BCUT2D eigenvalue weighted by molar-refractivity contribution is -0.126. The number of carbonyl (C=O) groups is 1. The Balaban J connectivity index is 1.35. The van der Waals surface area contributed by atoms with Gasteiger partial charge in [0.25, 0.3) is 0 Å². The molecule has 1 aromatic rings. The molecule has 4 heteroatoms. The van der Waals surface area contributed by atoms with Crippen molar-refractivity contribution in [3.8, 4) is 0 Å². The quantitative estimate of drug-likeness (QED) is 0.930. The van der Waals surface area contributed by atoms with Gasteiger partial charge in [-0.25, -0.2) is 4.98 Å². The first-order valence-corrected chi connectivity index (χ1v) is 8.77. The maximum atomic E-state index is 12.4. The first-order chi connectivity index (χ1) is 10.8. The van der Waals surface area contributed by atoms with Crippen LogP contribution in [0.1, 0.15) is 44.1 Å². The zero-order valence-electron chi connectivity index (χ0n) is 13.1. The fraction of sp³-hybridized carbons (Fsp3) is 0.667. The van der Waals surface area contributed by atoms with Crippen LogP contribution in [0.5, 0.6) is 0 Å². The minimum Gasteiger partial charge on any atom is -0.357 e. The Morgan fingerprint density at radius 3 is 2.86 bits per heavy atom. The molecule has 2 heterocycles. The molecule has 1 amide bonds. The second kappa shape index (κ2) is 5.90. The van der Waals surface area contributed by atoms with E-state index in [4.69, 9.17) is 0 Å². The molecule has 0 aromatic carbocycles. The van der Waals surface area contributed by atoms with E-state index in [0.29, 0.717) is 12.5 Å². The molecule has 0 spiro atoms. The molecule has 3 atom stereocenters. The van der Waals surface area contributed by atoms with Gasteiger partial charge in [0.2, 0.25) is 5.91 Å². The van der Waals surface area contributed by atoms with Crippen LogP contribution in [0, 0.1) is 17.8 Å². The van der Waals surface area contributed by atoms with E-state index < -0.39 is 0 Å². The molecule has 0 unspecified atom stereocenters. The van der Waals surface area contributed by atoms with Crippen LogP contribution in [0.2, 0.25) is 0 Å². The molecule has 4 nitrogen and oxygen atoms in total.